The third kappa shape index (κ3) is 8.09. The molecule has 0 radical (unpaired) electrons. The van der Waals surface area contributed by atoms with E-state index < -0.39 is 5.41 Å². The lowest BCUT2D eigenvalue weighted by atomic mass is 9.97. The van der Waals surface area contributed by atoms with Crippen molar-refractivity contribution in [1.82, 2.24) is 0 Å². The molecule has 0 spiro atoms. The number of hydrogen-bond acceptors (Lipinski definition) is 4. The average molecular weight is 258 g/mol. The lowest BCUT2D eigenvalue weighted by molar-refractivity contribution is -0.159. The van der Waals surface area contributed by atoms with Gasteiger partial charge in [-0.25, -0.2) is 0 Å². The number of unbranched alkanes of at least 4 members (excludes halogenated alkanes) is 1. The number of esters is 2. The first-order chi connectivity index (χ1) is 8.27. The second kappa shape index (κ2) is 8.11. The van der Waals surface area contributed by atoms with Crippen LogP contribution >= 0.6 is 0 Å². The van der Waals surface area contributed by atoms with E-state index in [1.807, 2.05) is 27.7 Å². The average Bonchev–Trinajstić information content (AvgIpc) is 2.25. The van der Waals surface area contributed by atoms with Gasteiger partial charge in [0.1, 0.15) is 6.10 Å². The van der Waals surface area contributed by atoms with Gasteiger partial charge < -0.3 is 9.47 Å². The van der Waals surface area contributed by atoms with Crippen LogP contribution in [0, 0.1) is 5.41 Å². The van der Waals surface area contributed by atoms with Crippen molar-refractivity contribution in [2.45, 2.75) is 66.4 Å². The third-order valence-electron chi connectivity index (χ3n) is 2.57. The monoisotopic (exact) mass is 258 g/mol. The molecule has 4 nitrogen and oxygen atoms in total. The molecule has 0 aromatic heterocycles. The van der Waals surface area contributed by atoms with Crippen molar-refractivity contribution in [2.75, 3.05) is 6.61 Å². The molecule has 1 atom stereocenters. The smallest absolute Gasteiger partial charge is 0.311 e. The van der Waals surface area contributed by atoms with E-state index in [1.54, 1.807) is 0 Å². The van der Waals surface area contributed by atoms with Gasteiger partial charge in [0.15, 0.2) is 0 Å². The van der Waals surface area contributed by atoms with E-state index >= 15 is 0 Å². The lowest BCUT2D eigenvalue weighted by Crippen LogP contribution is -2.28. The molecule has 0 fully saturated rings. The minimum Gasteiger partial charge on any atom is -0.466 e. The van der Waals surface area contributed by atoms with Crippen LogP contribution in [-0.4, -0.2) is 24.6 Å². The lowest BCUT2D eigenvalue weighted by Gasteiger charge is -2.22. The molecule has 0 rings (SSSR count). The molecular weight excluding hydrogens is 232 g/mol. The summed E-state index contributed by atoms with van der Waals surface area (Å²) < 4.78 is 10.3. The highest BCUT2D eigenvalue weighted by atomic mass is 16.5. The van der Waals surface area contributed by atoms with Gasteiger partial charge in [-0.2, -0.15) is 0 Å². The molecule has 0 aromatic carbocycles. The second-order valence-corrected chi connectivity index (χ2v) is 5.52. The van der Waals surface area contributed by atoms with Crippen LogP contribution in [0.3, 0.4) is 0 Å². The van der Waals surface area contributed by atoms with E-state index in [4.69, 9.17) is 9.47 Å². The Kier molecular flexibility index (Phi) is 7.64. The Hall–Kier alpha value is -1.06. The van der Waals surface area contributed by atoms with Crippen molar-refractivity contribution in [3.63, 3.8) is 0 Å². The van der Waals surface area contributed by atoms with Crippen molar-refractivity contribution < 1.29 is 19.1 Å². The predicted molar refractivity (Wildman–Crippen MR) is 70.1 cm³/mol. The number of hydrogen-bond donors (Lipinski definition) is 0. The molecule has 0 bridgehead atoms. The fraction of sp³-hybridized carbons (Fsp3) is 0.857. The SMILES string of the molecule is CCC(CCCCOC(C)=O)OC(=O)C(C)(C)C. The fourth-order valence-corrected chi connectivity index (χ4v) is 1.36. The Balaban J connectivity index is 3.84. The van der Waals surface area contributed by atoms with Crippen LogP contribution < -0.4 is 0 Å². The van der Waals surface area contributed by atoms with E-state index in [9.17, 15) is 9.59 Å². The van der Waals surface area contributed by atoms with Crippen molar-refractivity contribution in [3.8, 4) is 0 Å². The summed E-state index contributed by atoms with van der Waals surface area (Å²) in [6.07, 6.45) is 3.30. The topological polar surface area (TPSA) is 52.6 Å². The van der Waals surface area contributed by atoms with Crippen LogP contribution in [0.1, 0.15) is 60.3 Å². The quantitative estimate of drug-likeness (QED) is 0.520. The van der Waals surface area contributed by atoms with Gasteiger partial charge in [0, 0.05) is 6.92 Å². The Bertz CT molecular complexity index is 265. The van der Waals surface area contributed by atoms with Gasteiger partial charge in [-0.15, -0.1) is 0 Å². The molecule has 0 aliphatic rings. The third-order valence-corrected chi connectivity index (χ3v) is 2.57. The van der Waals surface area contributed by atoms with E-state index in [2.05, 4.69) is 0 Å². The minimum atomic E-state index is -0.453. The highest BCUT2D eigenvalue weighted by molar-refractivity contribution is 5.75. The maximum atomic E-state index is 11.7. The molecule has 0 saturated heterocycles. The van der Waals surface area contributed by atoms with E-state index in [0.29, 0.717) is 6.61 Å². The summed E-state index contributed by atoms with van der Waals surface area (Å²) in [5.41, 5.74) is -0.453. The Morgan fingerprint density at radius 3 is 2.22 bits per heavy atom. The van der Waals surface area contributed by atoms with Gasteiger partial charge in [-0.1, -0.05) is 6.92 Å². The van der Waals surface area contributed by atoms with E-state index in [0.717, 1.165) is 25.7 Å². The molecule has 0 N–H and O–H groups in total. The first kappa shape index (κ1) is 16.9. The molecule has 106 valence electrons. The maximum absolute atomic E-state index is 11.7. The molecule has 1 unspecified atom stereocenters. The number of carbonyl (C=O) groups excluding carboxylic acids is 2. The van der Waals surface area contributed by atoms with Crippen molar-refractivity contribution in [3.05, 3.63) is 0 Å². The molecule has 4 heteroatoms. The highest BCUT2D eigenvalue weighted by Crippen LogP contribution is 2.19. The minimum absolute atomic E-state index is 0.0333. The number of rotatable bonds is 7. The normalized spacial score (nSPS) is 12.9. The first-order valence-electron chi connectivity index (χ1n) is 6.61. The summed E-state index contributed by atoms with van der Waals surface area (Å²) >= 11 is 0. The molecule has 0 aliphatic heterocycles. The van der Waals surface area contributed by atoms with Crippen molar-refractivity contribution in [1.29, 1.82) is 0 Å². The van der Waals surface area contributed by atoms with Crippen LogP contribution in [0.2, 0.25) is 0 Å². The fourth-order valence-electron chi connectivity index (χ4n) is 1.36. The zero-order valence-electron chi connectivity index (χ0n) is 12.2. The first-order valence-corrected chi connectivity index (χ1v) is 6.61. The largest absolute Gasteiger partial charge is 0.466 e. The number of carbonyl (C=O) groups is 2. The van der Waals surface area contributed by atoms with Crippen LogP contribution in [0.5, 0.6) is 0 Å². The zero-order valence-corrected chi connectivity index (χ0v) is 12.2. The molecule has 0 saturated carbocycles. The van der Waals surface area contributed by atoms with Gasteiger partial charge in [0.05, 0.1) is 12.0 Å². The van der Waals surface area contributed by atoms with Crippen molar-refractivity contribution in [2.24, 2.45) is 5.41 Å². The van der Waals surface area contributed by atoms with E-state index in [-0.39, 0.29) is 18.0 Å². The van der Waals surface area contributed by atoms with Gasteiger partial charge in [-0.05, 0) is 46.5 Å². The Labute approximate surface area is 110 Å². The molecular formula is C14H26O4. The van der Waals surface area contributed by atoms with Crippen LogP contribution in [0.15, 0.2) is 0 Å². The van der Waals surface area contributed by atoms with Crippen molar-refractivity contribution >= 4 is 11.9 Å². The van der Waals surface area contributed by atoms with Crippen LogP contribution in [0.4, 0.5) is 0 Å². The summed E-state index contributed by atoms with van der Waals surface area (Å²) in [5, 5.41) is 0. The van der Waals surface area contributed by atoms with E-state index in [1.165, 1.54) is 6.92 Å². The summed E-state index contributed by atoms with van der Waals surface area (Å²) in [6.45, 7) is 9.40. The molecule has 18 heavy (non-hydrogen) atoms. The second-order valence-electron chi connectivity index (χ2n) is 5.52. The summed E-state index contributed by atoms with van der Waals surface area (Å²) in [7, 11) is 0. The number of ether oxygens (including phenoxy) is 2. The predicted octanol–water partition coefficient (Wildman–Crippen LogP) is 3.09. The molecule has 0 heterocycles. The molecule has 0 aliphatic carbocycles. The Morgan fingerprint density at radius 2 is 1.78 bits per heavy atom. The summed E-state index contributed by atoms with van der Waals surface area (Å²) in [6, 6.07) is 0. The zero-order chi connectivity index (χ0) is 14.2. The van der Waals surface area contributed by atoms with Gasteiger partial charge in [0.25, 0.3) is 0 Å². The van der Waals surface area contributed by atoms with Gasteiger partial charge >= 0.3 is 11.9 Å². The van der Waals surface area contributed by atoms with Crippen LogP contribution in [0.25, 0.3) is 0 Å². The van der Waals surface area contributed by atoms with Crippen LogP contribution in [-0.2, 0) is 19.1 Å². The molecule has 0 aromatic rings. The highest BCUT2D eigenvalue weighted by Gasteiger charge is 2.25. The standard InChI is InChI=1S/C14H26O4/c1-6-12(18-13(16)14(3,4)5)9-7-8-10-17-11(2)15/h12H,6-10H2,1-5H3. The Morgan fingerprint density at radius 1 is 1.17 bits per heavy atom. The summed E-state index contributed by atoms with van der Waals surface area (Å²) in [5.74, 6) is -0.407. The van der Waals surface area contributed by atoms with Gasteiger partial charge in [-0.3, -0.25) is 9.59 Å². The maximum Gasteiger partial charge on any atom is 0.311 e. The molecule has 0 amide bonds. The summed E-state index contributed by atoms with van der Waals surface area (Å²) in [4.78, 5) is 22.3. The van der Waals surface area contributed by atoms with Gasteiger partial charge in [0.2, 0.25) is 0 Å².